The molecule has 1 aliphatic rings. The fourth-order valence-corrected chi connectivity index (χ4v) is 4.53. The molecular weight excluding hydrogens is 398 g/mol. The van der Waals surface area contributed by atoms with Gasteiger partial charge in [0.2, 0.25) is 0 Å². The maximum absolute atomic E-state index is 13.0. The van der Waals surface area contributed by atoms with Crippen molar-refractivity contribution in [2.24, 2.45) is 0 Å². The van der Waals surface area contributed by atoms with Crippen molar-refractivity contribution in [3.05, 3.63) is 60.2 Å². The topological polar surface area (TPSA) is 69.7 Å². The predicted octanol–water partition coefficient (Wildman–Crippen LogP) is 2.76. The molecule has 0 radical (unpaired) electrons. The second-order valence-electron chi connectivity index (χ2n) is 6.73. The van der Waals surface area contributed by atoms with Crippen LogP contribution >= 0.6 is 12.4 Å². The number of hydrogen-bond acceptors (Lipinski definition) is 4. The summed E-state index contributed by atoms with van der Waals surface area (Å²) >= 11 is 0. The lowest BCUT2D eigenvalue weighted by Crippen LogP contribution is -2.44. The van der Waals surface area contributed by atoms with Crippen molar-refractivity contribution >= 4 is 34.0 Å². The van der Waals surface area contributed by atoms with Gasteiger partial charge < -0.3 is 10.2 Å². The maximum Gasteiger partial charge on any atom is 0.264 e. The third-order valence-corrected chi connectivity index (χ3v) is 6.82. The lowest BCUT2D eigenvalue weighted by molar-refractivity contribution is 0.0703. The third kappa shape index (κ3) is 4.66. The van der Waals surface area contributed by atoms with Gasteiger partial charge in [0.1, 0.15) is 0 Å². The van der Waals surface area contributed by atoms with Crippen molar-refractivity contribution in [3.8, 4) is 0 Å². The molecule has 8 heteroatoms. The largest absolute Gasteiger partial charge is 0.339 e. The number of nitrogens with zero attached hydrogens (tertiary/aromatic N) is 2. The van der Waals surface area contributed by atoms with Crippen molar-refractivity contribution in [1.29, 1.82) is 0 Å². The highest BCUT2D eigenvalue weighted by molar-refractivity contribution is 7.92. The molecule has 28 heavy (non-hydrogen) atoms. The number of benzene rings is 2. The Labute approximate surface area is 173 Å². The smallest absolute Gasteiger partial charge is 0.264 e. The number of hydrogen-bond donors (Lipinski definition) is 1. The molecule has 2 aromatic carbocycles. The predicted molar refractivity (Wildman–Crippen MR) is 114 cm³/mol. The second kappa shape index (κ2) is 9.41. The fraction of sp³-hybridized carbons (Fsp3) is 0.350. The highest BCUT2D eigenvalue weighted by Crippen LogP contribution is 2.23. The summed E-state index contributed by atoms with van der Waals surface area (Å²) in [4.78, 5) is 14.7. The number of para-hydroxylation sites is 1. The zero-order valence-electron chi connectivity index (χ0n) is 16.0. The Bertz CT molecular complexity index is 900. The van der Waals surface area contributed by atoms with Crippen LogP contribution in [-0.2, 0) is 10.0 Å². The van der Waals surface area contributed by atoms with Crippen LogP contribution in [0.25, 0.3) is 0 Å². The SMILES string of the molecule is CN(C(=O)c1cccc(S(=O)(=O)N(C)c2ccccc2)c1)C1CCNCC1.Cl. The van der Waals surface area contributed by atoms with Gasteiger partial charge in [-0.15, -0.1) is 12.4 Å². The normalized spacial score (nSPS) is 14.8. The Balaban J connectivity index is 0.00000280. The van der Waals surface area contributed by atoms with E-state index in [9.17, 15) is 13.2 Å². The standard InChI is InChI=1S/C20H25N3O3S.ClH/c1-22(17-11-13-21-14-12-17)20(24)16-7-6-10-19(15-16)27(25,26)23(2)18-8-4-3-5-9-18;/h3-10,15,17,21H,11-14H2,1-2H3;1H. The summed E-state index contributed by atoms with van der Waals surface area (Å²) in [7, 11) is -0.445. The lowest BCUT2D eigenvalue weighted by atomic mass is 10.0. The molecule has 6 nitrogen and oxygen atoms in total. The van der Waals surface area contributed by atoms with E-state index in [0.717, 1.165) is 25.9 Å². The van der Waals surface area contributed by atoms with Gasteiger partial charge in [-0.3, -0.25) is 9.10 Å². The molecule has 0 aromatic heterocycles. The molecule has 0 saturated carbocycles. The molecule has 1 saturated heterocycles. The number of carbonyl (C=O) groups is 1. The van der Waals surface area contributed by atoms with Gasteiger partial charge >= 0.3 is 0 Å². The van der Waals surface area contributed by atoms with Gasteiger partial charge in [-0.1, -0.05) is 24.3 Å². The molecule has 2 aromatic rings. The molecular formula is C20H26ClN3O3S. The van der Waals surface area contributed by atoms with Crippen LogP contribution in [0, 0.1) is 0 Å². The summed E-state index contributed by atoms with van der Waals surface area (Å²) in [5, 5.41) is 3.28. The minimum atomic E-state index is -3.75. The van der Waals surface area contributed by atoms with Gasteiger partial charge in [0.15, 0.2) is 0 Å². The first-order chi connectivity index (χ1) is 12.9. The molecule has 1 heterocycles. The number of halogens is 1. The number of piperidine rings is 1. The molecule has 3 rings (SSSR count). The molecule has 0 bridgehead atoms. The Kier molecular flexibility index (Phi) is 7.46. The Morgan fingerprint density at radius 2 is 1.64 bits per heavy atom. The van der Waals surface area contributed by atoms with Gasteiger partial charge in [0.25, 0.3) is 15.9 Å². The number of rotatable bonds is 5. The summed E-state index contributed by atoms with van der Waals surface area (Å²) in [6, 6.07) is 15.3. The van der Waals surface area contributed by atoms with Gasteiger partial charge in [0, 0.05) is 25.7 Å². The van der Waals surface area contributed by atoms with Gasteiger partial charge in [-0.2, -0.15) is 0 Å². The molecule has 1 amide bonds. The zero-order valence-corrected chi connectivity index (χ0v) is 17.7. The monoisotopic (exact) mass is 423 g/mol. The number of anilines is 1. The number of nitrogens with one attached hydrogen (secondary N) is 1. The van der Waals surface area contributed by atoms with Crippen molar-refractivity contribution in [1.82, 2.24) is 10.2 Å². The lowest BCUT2D eigenvalue weighted by Gasteiger charge is -2.31. The zero-order chi connectivity index (χ0) is 19.4. The van der Waals surface area contributed by atoms with E-state index in [1.165, 1.54) is 23.5 Å². The van der Waals surface area contributed by atoms with Gasteiger partial charge in [-0.25, -0.2) is 8.42 Å². The van der Waals surface area contributed by atoms with E-state index in [1.54, 1.807) is 48.3 Å². The van der Waals surface area contributed by atoms with Crippen LogP contribution < -0.4 is 9.62 Å². The molecule has 0 unspecified atom stereocenters. The summed E-state index contributed by atoms with van der Waals surface area (Å²) in [5.41, 5.74) is 0.958. The molecule has 0 spiro atoms. The maximum atomic E-state index is 13.0. The van der Waals surface area contributed by atoms with Crippen LogP contribution in [-0.4, -0.2) is 52.5 Å². The summed E-state index contributed by atoms with van der Waals surface area (Å²) in [6.07, 6.45) is 1.80. The van der Waals surface area contributed by atoms with E-state index in [-0.39, 0.29) is 29.3 Å². The minimum absolute atomic E-state index is 0. The minimum Gasteiger partial charge on any atom is -0.339 e. The van der Waals surface area contributed by atoms with Gasteiger partial charge in [-0.05, 0) is 56.3 Å². The van der Waals surface area contributed by atoms with Crippen LogP contribution in [0.3, 0.4) is 0 Å². The van der Waals surface area contributed by atoms with Crippen LogP contribution in [0.4, 0.5) is 5.69 Å². The molecule has 1 fully saturated rings. The highest BCUT2D eigenvalue weighted by atomic mass is 35.5. The Hall–Kier alpha value is -2.09. The third-order valence-electron chi connectivity index (χ3n) is 5.04. The quantitative estimate of drug-likeness (QED) is 0.802. The van der Waals surface area contributed by atoms with Crippen LogP contribution in [0.2, 0.25) is 0 Å². The average molecular weight is 424 g/mol. The first-order valence-corrected chi connectivity index (χ1v) is 10.5. The Morgan fingerprint density at radius 1 is 1.00 bits per heavy atom. The van der Waals surface area contributed by atoms with Gasteiger partial charge in [0.05, 0.1) is 10.6 Å². The molecule has 152 valence electrons. The molecule has 1 N–H and O–H groups in total. The first kappa shape index (κ1) is 22.2. The fourth-order valence-electron chi connectivity index (χ4n) is 3.29. The van der Waals surface area contributed by atoms with Crippen molar-refractivity contribution < 1.29 is 13.2 Å². The van der Waals surface area contributed by atoms with Crippen molar-refractivity contribution in [2.75, 3.05) is 31.5 Å². The van der Waals surface area contributed by atoms with E-state index in [2.05, 4.69) is 5.32 Å². The summed E-state index contributed by atoms with van der Waals surface area (Å²) in [5.74, 6) is -0.152. The van der Waals surface area contributed by atoms with Crippen molar-refractivity contribution in [3.63, 3.8) is 0 Å². The Morgan fingerprint density at radius 3 is 2.29 bits per heavy atom. The summed E-state index contributed by atoms with van der Waals surface area (Å²) in [6.45, 7) is 1.77. The average Bonchev–Trinajstić information content (AvgIpc) is 2.73. The van der Waals surface area contributed by atoms with Crippen molar-refractivity contribution in [2.45, 2.75) is 23.8 Å². The number of carbonyl (C=O) groups excluding carboxylic acids is 1. The van der Waals surface area contributed by atoms with Crippen LogP contribution in [0.15, 0.2) is 59.5 Å². The second-order valence-corrected chi connectivity index (χ2v) is 8.70. The highest BCUT2D eigenvalue weighted by Gasteiger charge is 2.26. The van der Waals surface area contributed by atoms with E-state index in [0.29, 0.717) is 11.3 Å². The molecule has 1 aliphatic heterocycles. The van der Waals surface area contributed by atoms with E-state index >= 15 is 0 Å². The van der Waals surface area contributed by atoms with E-state index in [1.807, 2.05) is 6.07 Å². The van der Waals surface area contributed by atoms with E-state index < -0.39 is 10.0 Å². The molecule has 0 atom stereocenters. The summed E-state index contributed by atoms with van der Waals surface area (Å²) < 4.78 is 27.2. The first-order valence-electron chi connectivity index (χ1n) is 9.03. The van der Waals surface area contributed by atoms with Crippen LogP contribution in [0.5, 0.6) is 0 Å². The van der Waals surface area contributed by atoms with Crippen LogP contribution in [0.1, 0.15) is 23.2 Å². The number of amides is 1. The van der Waals surface area contributed by atoms with E-state index in [4.69, 9.17) is 0 Å². The molecule has 0 aliphatic carbocycles. The number of sulfonamides is 1.